The number of aryl methyl sites for hydroxylation is 1. The number of nitrogens with one attached hydrogen (secondary N) is 1. The van der Waals surface area contributed by atoms with Crippen molar-refractivity contribution in [3.63, 3.8) is 0 Å². The van der Waals surface area contributed by atoms with E-state index in [2.05, 4.69) is 10.3 Å². The van der Waals surface area contributed by atoms with Gasteiger partial charge in [0.1, 0.15) is 11.5 Å². The fourth-order valence-corrected chi connectivity index (χ4v) is 3.70. The lowest BCUT2D eigenvalue weighted by Gasteiger charge is -2.43. The zero-order chi connectivity index (χ0) is 21.1. The first kappa shape index (κ1) is 20.3. The van der Waals surface area contributed by atoms with Gasteiger partial charge in [-0.1, -0.05) is 12.1 Å². The molecule has 30 heavy (non-hydrogen) atoms. The molecule has 0 radical (unpaired) electrons. The third-order valence-corrected chi connectivity index (χ3v) is 5.25. The molecule has 2 fully saturated rings. The third kappa shape index (κ3) is 4.14. The fourth-order valence-electron chi connectivity index (χ4n) is 3.70. The van der Waals surface area contributed by atoms with E-state index in [1.165, 1.54) is 23.2 Å². The van der Waals surface area contributed by atoms with Crippen LogP contribution in [0, 0.1) is 5.82 Å². The van der Waals surface area contributed by atoms with E-state index in [0.717, 1.165) is 0 Å². The van der Waals surface area contributed by atoms with Gasteiger partial charge in [-0.15, -0.1) is 0 Å². The number of nitrogens with zero attached hydrogens (tertiary/aromatic N) is 4. The highest BCUT2D eigenvalue weighted by atomic mass is 19.1. The second-order valence-corrected chi connectivity index (χ2v) is 7.41. The maximum absolute atomic E-state index is 13.9. The lowest BCUT2D eigenvalue weighted by atomic mass is 10.2. The summed E-state index contributed by atoms with van der Waals surface area (Å²) in [5, 5.41) is 2.59. The predicted molar refractivity (Wildman–Crippen MR) is 105 cm³/mol. The Morgan fingerprint density at radius 3 is 2.67 bits per heavy atom. The topological polar surface area (TPSA) is 88.9 Å². The molecule has 1 unspecified atom stereocenters. The van der Waals surface area contributed by atoms with E-state index in [-0.39, 0.29) is 31.3 Å². The van der Waals surface area contributed by atoms with Crippen LogP contribution < -0.4 is 5.32 Å². The van der Waals surface area contributed by atoms with Gasteiger partial charge in [0.25, 0.3) is 5.91 Å². The molecule has 1 atom stereocenters. The van der Waals surface area contributed by atoms with Gasteiger partial charge in [0.2, 0.25) is 5.79 Å². The summed E-state index contributed by atoms with van der Waals surface area (Å²) in [4.78, 5) is 32.9. The molecule has 10 heteroatoms. The lowest BCUT2D eigenvalue weighted by molar-refractivity contribution is -0.258. The van der Waals surface area contributed by atoms with E-state index in [9.17, 15) is 14.0 Å². The number of amides is 3. The predicted octanol–water partition coefficient (Wildman–Crippen LogP) is 1.68. The highest BCUT2D eigenvalue weighted by Crippen LogP contribution is 2.26. The molecule has 1 N–H and O–H groups in total. The Morgan fingerprint density at radius 1 is 1.13 bits per heavy atom. The molecule has 0 bridgehead atoms. The van der Waals surface area contributed by atoms with E-state index >= 15 is 0 Å². The number of anilines is 1. The number of aromatic nitrogens is 2. The summed E-state index contributed by atoms with van der Waals surface area (Å²) in [6.45, 7) is 1.80. The molecular weight excluding hydrogens is 393 g/mol. The van der Waals surface area contributed by atoms with Crippen LogP contribution in [0.2, 0.25) is 0 Å². The van der Waals surface area contributed by atoms with Crippen LogP contribution in [0.1, 0.15) is 16.9 Å². The maximum atomic E-state index is 13.9. The van der Waals surface area contributed by atoms with Gasteiger partial charge in [-0.05, 0) is 18.6 Å². The van der Waals surface area contributed by atoms with Gasteiger partial charge in [-0.2, -0.15) is 0 Å². The zero-order valence-corrected chi connectivity index (χ0v) is 16.7. The van der Waals surface area contributed by atoms with Crippen molar-refractivity contribution >= 4 is 17.6 Å². The molecule has 1 aromatic heterocycles. The number of para-hydroxylation sites is 1. The van der Waals surface area contributed by atoms with E-state index < -0.39 is 17.6 Å². The minimum atomic E-state index is -1.13. The molecule has 2 saturated heterocycles. The summed E-state index contributed by atoms with van der Waals surface area (Å²) in [6, 6.07) is 5.55. The van der Waals surface area contributed by atoms with Crippen molar-refractivity contribution in [2.75, 3.05) is 44.7 Å². The van der Waals surface area contributed by atoms with Crippen molar-refractivity contribution in [1.82, 2.24) is 19.4 Å². The first-order valence-electron chi connectivity index (χ1n) is 9.81. The number of carbonyl (C=O) groups is 2. The van der Waals surface area contributed by atoms with E-state index in [1.807, 2.05) is 0 Å². The summed E-state index contributed by atoms with van der Waals surface area (Å²) in [6.07, 6.45) is 3.75. The van der Waals surface area contributed by atoms with Crippen LogP contribution in [0.25, 0.3) is 0 Å². The van der Waals surface area contributed by atoms with Crippen molar-refractivity contribution < 1.29 is 23.5 Å². The molecule has 2 aliphatic rings. The second-order valence-electron chi connectivity index (χ2n) is 7.41. The molecule has 1 aromatic carbocycles. The van der Waals surface area contributed by atoms with Crippen molar-refractivity contribution in [3.05, 3.63) is 48.3 Å². The van der Waals surface area contributed by atoms with Crippen LogP contribution in [0.4, 0.5) is 14.9 Å². The molecule has 3 heterocycles. The largest absolute Gasteiger partial charge is 0.347 e. The molecule has 1 spiro atoms. The van der Waals surface area contributed by atoms with Crippen molar-refractivity contribution in [2.24, 2.45) is 7.05 Å². The Bertz CT molecular complexity index is 935. The van der Waals surface area contributed by atoms with E-state index in [0.29, 0.717) is 31.8 Å². The van der Waals surface area contributed by atoms with Gasteiger partial charge >= 0.3 is 6.03 Å². The number of hydrogen-bond acceptors (Lipinski definition) is 5. The monoisotopic (exact) mass is 417 g/mol. The van der Waals surface area contributed by atoms with Gasteiger partial charge < -0.3 is 29.2 Å². The van der Waals surface area contributed by atoms with Crippen molar-refractivity contribution in [2.45, 2.75) is 12.2 Å². The van der Waals surface area contributed by atoms with Crippen molar-refractivity contribution in [1.29, 1.82) is 0 Å². The quantitative estimate of drug-likeness (QED) is 0.803. The first-order valence-corrected chi connectivity index (χ1v) is 9.81. The van der Waals surface area contributed by atoms with Crippen LogP contribution in [0.5, 0.6) is 0 Å². The molecule has 0 saturated carbocycles. The minimum absolute atomic E-state index is 0.109. The Morgan fingerprint density at radius 2 is 1.90 bits per heavy atom. The van der Waals surface area contributed by atoms with Crippen LogP contribution in [0.3, 0.4) is 0 Å². The maximum Gasteiger partial charge on any atom is 0.322 e. The van der Waals surface area contributed by atoms with Gasteiger partial charge in [-0.3, -0.25) is 4.79 Å². The Kier molecular flexibility index (Phi) is 5.69. The first-order chi connectivity index (χ1) is 14.5. The van der Waals surface area contributed by atoms with Crippen LogP contribution in [-0.2, 0) is 16.5 Å². The Balaban J connectivity index is 1.48. The molecule has 4 rings (SSSR count). The minimum Gasteiger partial charge on any atom is -0.347 e. The molecular formula is C20H24FN5O4. The van der Waals surface area contributed by atoms with Crippen LogP contribution in [0.15, 0.2) is 36.8 Å². The number of carbonyl (C=O) groups excluding carboxylic acids is 2. The number of morpholine rings is 1. The average Bonchev–Trinajstić information content (AvgIpc) is 3.07. The van der Waals surface area contributed by atoms with Gasteiger partial charge in [0.15, 0.2) is 0 Å². The Labute approximate surface area is 173 Å². The lowest BCUT2D eigenvalue weighted by Crippen LogP contribution is -2.60. The van der Waals surface area contributed by atoms with Gasteiger partial charge in [0.05, 0.1) is 44.5 Å². The number of rotatable bonds is 2. The van der Waals surface area contributed by atoms with E-state index in [4.69, 9.17) is 9.47 Å². The van der Waals surface area contributed by atoms with Crippen LogP contribution >= 0.6 is 0 Å². The number of benzene rings is 1. The number of halogens is 1. The smallest absolute Gasteiger partial charge is 0.322 e. The third-order valence-electron chi connectivity index (χ3n) is 5.25. The summed E-state index contributed by atoms with van der Waals surface area (Å²) in [5.74, 6) is -1.81. The zero-order valence-electron chi connectivity index (χ0n) is 16.7. The number of imidazole rings is 1. The summed E-state index contributed by atoms with van der Waals surface area (Å²) >= 11 is 0. The standard InChI is InChI=1S/C20H24FN5O4/c1-24-14-22-11-17(24)18(27)25-7-4-9-29-20(12-25)13-26(8-10-30-20)19(28)23-16-6-3-2-5-15(16)21/h2-3,5-6,11,14H,4,7-10,12-13H2,1H3,(H,23,28). The molecule has 9 nitrogen and oxygen atoms in total. The second kappa shape index (κ2) is 8.41. The number of ether oxygens (including phenoxy) is 2. The summed E-state index contributed by atoms with van der Waals surface area (Å²) < 4.78 is 27.5. The highest BCUT2D eigenvalue weighted by molar-refractivity contribution is 5.92. The van der Waals surface area contributed by atoms with Crippen LogP contribution in [-0.4, -0.2) is 76.5 Å². The molecule has 0 aliphatic carbocycles. The fraction of sp³-hybridized carbons (Fsp3) is 0.450. The highest BCUT2D eigenvalue weighted by Gasteiger charge is 2.43. The van der Waals surface area contributed by atoms with Gasteiger partial charge in [-0.25, -0.2) is 14.2 Å². The normalized spacial score (nSPS) is 22.1. The molecule has 3 amide bonds. The summed E-state index contributed by atoms with van der Waals surface area (Å²) in [7, 11) is 1.76. The number of hydrogen-bond donors (Lipinski definition) is 1. The van der Waals surface area contributed by atoms with Gasteiger partial charge in [0, 0.05) is 20.1 Å². The summed E-state index contributed by atoms with van der Waals surface area (Å²) in [5.41, 5.74) is 0.579. The van der Waals surface area contributed by atoms with Crippen molar-refractivity contribution in [3.8, 4) is 0 Å². The molecule has 2 aliphatic heterocycles. The average molecular weight is 417 g/mol. The molecule has 160 valence electrons. The Hall–Kier alpha value is -2.98. The number of urea groups is 1. The molecule has 2 aromatic rings. The van der Waals surface area contributed by atoms with E-state index in [1.54, 1.807) is 35.0 Å². The SMILES string of the molecule is Cn1cncc1C(=O)N1CCCOC2(CN(C(=O)Nc3ccccc3F)CCO2)C1.